The minimum Gasteiger partial charge on any atom is -0.478 e. The SMILES string of the molecule is CO/N=C1/CCS(=O)(=O)c2ccc(C(=O)O)c(C)c21. The van der Waals surface area contributed by atoms with Crippen molar-refractivity contribution in [3.63, 3.8) is 0 Å². The van der Waals surface area contributed by atoms with Gasteiger partial charge in [-0.1, -0.05) is 5.16 Å². The van der Waals surface area contributed by atoms with E-state index in [-0.39, 0.29) is 22.6 Å². The van der Waals surface area contributed by atoms with Crippen molar-refractivity contribution in [3.8, 4) is 0 Å². The molecule has 1 heterocycles. The third-order valence-corrected chi connectivity index (χ3v) is 4.84. The Morgan fingerprint density at radius 3 is 2.68 bits per heavy atom. The maximum atomic E-state index is 12.0. The number of carboxylic acids is 1. The molecule has 1 aromatic rings. The second-order valence-electron chi connectivity index (χ2n) is 4.21. The predicted molar refractivity (Wildman–Crippen MR) is 68.4 cm³/mol. The normalized spacial score (nSPS) is 18.9. The monoisotopic (exact) mass is 283 g/mol. The molecule has 0 unspecified atom stereocenters. The highest BCUT2D eigenvalue weighted by atomic mass is 32.2. The number of fused-ring (bicyclic) bond motifs is 1. The van der Waals surface area contributed by atoms with Crippen LogP contribution >= 0.6 is 0 Å². The lowest BCUT2D eigenvalue weighted by atomic mass is 9.97. The van der Waals surface area contributed by atoms with Crippen molar-refractivity contribution >= 4 is 21.5 Å². The molecule has 0 saturated heterocycles. The molecular formula is C12H13NO5S. The molecule has 0 radical (unpaired) electrons. The quantitative estimate of drug-likeness (QED) is 0.824. The molecule has 0 amide bonds. The van der Waals surface area contributed by atoms with E-state index >= 15 is 0 Å². The van der Waals surface area contributed by atoms with Gasteiger partial charge in [0.1, 0.15) is 7.11 Å². The fourth-order valence-electron chi connectivity index (χ4n) is 2.20. The Labute approximate surface area is 110 Å². The number of oxime groups is 1. The number of carbonyl (C=O) groups is 1. The molecule has 1 aliphatic rings. The fourth-order valence-corrected chi connectivity index (χ4v) is 3.74. The first kappa shape index (κ1) is 13.5. The van der Waals surface area contributed by atoms with Crippen LogP contribution in [0, 0.1) is 6.92 Å². The lowest BCUT2D eigenvalue weighted by Crippen LogP contribution is -2.24. The van der Waals surface area contributed by atoms with Crippen LogP contribution < -0.4 is 0 Å². The van der Waals surface area contributed by atoms with Crippen molar-refractivity contribution in [3.05, 3.63) is 28.8 Å². The van der Waals surface area contributed by atoms with E-state index in [9.17, 15) is 13.2 Å². The van der Waals surface area contributed by atoms with Gasteiger partial charge in [-0.15, -0.1) is 0 Å². The van der Waals surface area contributed by atoms with Gasteiger partial charge < -0.3 is 9.94 Å². The van der Waals surface area contributed by atoms with Gasteiger partial charge in [-0.2, -0.15) is 0 Å². The fraction of sp³-hybridized carbons (Fsp3) is 0.333. The molecule has 19 heavy (non-hydrogen) atoms. The lowest BCUT2D eigenvalue weighted by Gasteiger charge is -2.20. The largest absolute Gasteiger partial charge is 0.478 e. The number of hydrogen-bond acceptors (Lipinski definition) is 5. The van der Waals surface area contributed by atoms with E-state index in [2.05, 4.69) is 5.16 Å². The van der Waals surface area contributed by atoms with Crippen LogP contribution in [-0.4, -0.2) is 38.1 Å². The van der Waals surface area contributed by atoms with Crippen molar-refractivity contribution in [1.29, 1.82) is 0 Å². The molecule has 0 spiro atoms. The predicted octanol–water partition coefficient (Wildman–Crippen LogP) is 1.22. The summed E-state index contributed by atoms with van der Waals surface area (Å²) in [7, 11) is -2.02. The van der Waals surface area contributed by atoms with Crippen molar-refractivity contribution in [2.24, 2.45) is 5.16 Å². The topological polar surface area (TPSA) is 93.0 Å². The van der Waals surface area contributed by atoms with E-state index in [0.717, 1.165) is 0 Å². The third kappa shape index (κ3) is 2.21. The summed E-state index contributed by atoms with van der Waals surface area (Å²) in [5.74, 6) is -1.14. The van der Waals surface area contributed by atoms with Gasteiger partial charge in [0.05, 0.1) is 21.9 Å². The number of aromatic carboxylic acids is 1. The van der Waals surface area contributed by atoms with E-state index in [1.807, 2.05) is 0 Å². The summed E-state index contributed by atoms with van der Waals surface area (Å²) in [5.41, 5.74) is 1.28. The van der Waals surface area contributed by atoms with Crippen LogP contribution in [0.3, 0.4) is 0 Å². The van der Waals surface area contributed by atoms with E-state index in [0.29, 0.717) is 16.8 Å². The Morgan fingerprint density at radius 2 is 2.11 bits per heavy atom. The first-order valence-electron chi connectivity index (χ1n) is 5.58. The van der Waals surface area contributed by atoms with E-state index < -0.39 is 15.8 Å². The van der Waals surface area contributed by atoms with Gasteiger partial charge in [-0.05, 0) is 24.6 Å². The van der Waals surface area contributed by atoms with E-state index in [1.165, 1.54) is 19.2 Å². The number of hydrogen-bond donors (Lipinski definition) is 1. The zero-order valence-corrected chi connectivity index (χ0v) is 11.3. The standard InChI is InChI=1S/C12H13NO5S/c1-7-8(12(14)15)3-4-10-11(7)9(13-18-2)5-6-19(10,16)17/h3-4H,5-6H2,1-2H3,(H,14,15)/b13-9-. The maximum Gasteiger partial charge on any atom is 0.335 e. The first-order chi connectivity index (χ1) is 8.88. The van der Waals surface area contributed by atoms with Gasteiger partial charge >= 0.3 is 5.97 Å². The molecule has 6 nitrogen and oxygen atoms in total. The van der Waals surface area contributed by atoms with Gasteiger partial charge in [0.15, 0.2) is 9.84 Å². The van der Waals surface area contributed by atoms with E-state index in [4.69, 9.17) is 9.94 Å². The molecule has 0 atom stereocenters. The van der Waals surface area contributed by atoms with Crippen LogP contribution in [0.25, 0.3) is 0 Å². The zero-order chi connectivity index (χ0) is 14.2. The van der Waals surface area contributed by atoms with Crippen LogP contribution in [0.2, 0.25) is 0 Å². The smallest absolute Gasteiger partial charge is 0.335 e. The first-order valence-corrected chi connectivity index (χ1v) is 7.23. The minimum absolute atomic E-state index is 0.0476. The Bertz CT molecular complexity index is 676. The Morgan fingerprint density at radius 1 is 1.42 bits per heavy atom. The highest BCUT2D eigenvalue weighted by Gasteiger charge is 2.31. The minimum atomic E-state index is -3.39. The Kier molecular flexibility index (Phi) is 3.32. The molecule has 1 N–H and O–H groups in total. The van der Waals surface area contributed by atoms with Crippen molar-refractivity contribution in [2.45, 2.75) is 18.2 Å². The summed E-state index contributed by atoms with van der Waals surface area (Å²) in [6, 6.07) is 2.63. The molecular weight excluding hydrogens is 270 g/mol. The van der Waals surface area contributed by atoms with Gasteiger partial charge in [0.2, 0.25) is 0 Å². The summed E-state index contributed by atoms with van der Waals surface area (Å²) < 4.78 is 24.0. The number of nitrogens with zero attached hydrogens (tertiary/aromatic N) is 1. The summed E-state index contributed by atoms with van der Waals surface area (Å²) in [6.45, 7) is 1.58. The highest BCUT2D eigenvalue weighted by Crippen LogP contribution is 2.30. The molecule has 0 bridgehead atoms. The van der Waals surface area contributed by atoms with Gasteiger partial charge in [-0.3, -0.25) is 0 Å². The van der Waals surface area contributed by atoms with Crippen LogP contribution in [0.5, 0.6) is 0 Å². The molecule has 1 aliphatic heterocycles. The van der Waals surface area contributed by atoms with Crippen LogP contribution in [0.15, 0.2) is 22.2 Å². The Hall–Kier alpha value is -1.89. The highest BCUT2D eigenvalue weighted by molar-refractivity contribution is 7.91. The van der Waals surface area contributed by atoms with Crippen molar-refractivity contribution in [1.82, 2.24) is 0 Å². The lowest BCUT2D eigenvalue weighted by molar-refractivity contribution is 0.0696. The molecule has 1 aromatic carbocycles. The number of carboxylic acid groups (broad SMARTS) is 1. The van der Waals surface area contributed by atoms with Gasteiger partial charge in [-0.25, -0.2) is 13.2 Å². The van der Waals surface area contributed by atoms with Crippen molar-refractivity contribution < 1.29 is 23.2 Å². The Balaban J connectivity index is 2.81. The zero-order valence-electron chi connectivity index (χ0n) is 10.5. The van der Waals surface area contributed by atoms with Gasteiger partial charge in [0.25, 0.3) is 0 Å². The number of benzene rings is 1. The van der Waals surface area contributed by atoms with Gasteiger partial charge in [0, 0.05) is 12.0 Å². The molecule has 0 aromatic heterocycles. The molecule has 0 saturated carbocycles. The molecule has 2 rings (SSSR count). The maximum absolute atomic E-state index is 12.0. The molecule has 0 fully saturated rings. The van der Waals surface area contributed by atoms with Crippen LogP contribution in [0.4, 0.5) is 0 Å². The average molecular weight is 283 g/mol. The number of rotatable bonds is 2. The molecule has 0 aliphatic carbocycles. The number of sulfone groups is 1. The average Bonchev–Trinajstić information content (AvgIpc) is 2.33. The second-order valence-corrected chi connectivity index (χ2v) is 6.28. The summed E-state index contributed by atoms with van der Waals surface area (Å²) in [6.07, 6.45) is 0.215. The van der Waals surface area contributed by atoms with Crippen LogP contribution in [0.1, 0.15) is 27.9 Å². The second kappa shape index (κ2) is 4.65. The molecule has 7 heteroatoms. The summed E-state index contributed by atoms with van der Waals surface area (Å²) >= 11 is 0. The van der Waals surface area contributed by atoms with Crippen LogP contribution in [-0.2, 0) is 14.7 Å². The third-order valence-electron chi connectivity index (χ3n) is 3.09. The molecule has 102 valence electrons. The van der Waals surface area contributed by atoms with Crippen molar-refractivity contribution in [2.75, 3.05) is 12.9 Å². The summed E-state index contributed by atoms with van der Waals surface area (Å²) in [4.78, 5) is 15.9. The van der Waals surface area contributed by atoms with E-state index in [1.54, 1.807) is 6.92 Å². The summed E-state index contributed by atoms with van der Waals surface area (Å²) in [5, 5.41) is 12.9.